The van der Waals surface area contributed by atoms with Crippen LogP contribution < -0.4 is 0 Å². The van der Waals surface area contributed by atoms with Crippen LogP contribution in [0.4, 0.5) is 0 Å². The fraction of sp³-hybridized carbons (Fsp3) is 0.500. The standard InChI is InChI=1S/C22H26BrNO3/c1-5-9-27-21(26)18-13(2)24-16-11-22(3,4)12-17(25)20(16)19(18)14-7-6-8-15(23)10-14/h6-8,10,19-20H,5,9,11-12H2,1-4H3. The third-order valence-corrected chi connectivity index (χ3v) is 5.72. The Morgan fingerprint density at radius 1 is 1.30 bits per heavy atom. The van der Waals surface area contributed by atoms with Gasteiger partial charge in [-0.3, -0.25) is 9.79 Å². The van der Waals surface area contributed by atoms with Crippen molar-refractivity contribution < 1.29 is 14.3 Å². The molecule has 0 radical (unpaired) electrons. The third kappa shape index (κ3) is 4.08. The molecule has 1 aromatic carbocycles. The van der Waals surface area contributed by atoms with Gasteiger partial charge in [-0.15, -0.1) is 0 Å². The van der Waals surface area contributed by atoms with Gasteiger partial charge in [-0.1, -0.05) is 48.8 Å². The number of nitrogens with zero attached hydrogens (tertiary/aromatic N) is 1. The molecule has 1 aromatic rings. The first-order valence-electron chi connectivity index (χ1n) is 9.47. The quantitative estimate of drug-likeness (QED) is 0.613. The number of hydrogen-bond acceptors (Lipinski definition) is 4. The predicted octanol–water partition coefficient (Wildman–Crippen LogP) is 5.22. The maximum atomic E-state index is 13.1. The SMILES string of the molecule is CCCOC(=O)C1=C(C)N=C2CC(C)(C)CC(=O)C2C1c1cccc(Br)c1. The van der Waals surface area contributed by atoms with Gasteiger partial charge < -0.3 is 4.74 Å². The Kier molecular flexibility index (Phi) is 5.71. The van der Waals surface area contributed by atoms with Crippen molar-refractivity contribution in [2.75, 3.05) is 6.61 Å². The molecule has 1 saturated carbocycles. The molecular weight excluding hydrogens is 406 g/mol. The lowest BCUT2D eigenvalue weighted by atomic mass is 9.63. The second-order valence-electron chi connectivity index (χ2n) is 8.23. The van der Waals surface area contributed by atoms with Crippen LogP contribution in [0.15, 0.2) is 45.0 Å². The van der Waals surface area contributed by atoms with Crippen molar-refractivity contribution in [1.82, 2.24) is 0 Å². The summed E-state index contributed by atoms with van der Waals surface area (Å²) in [6, 6.07) is 7.85. The molecule has 5 heteroatoms. The molecule has 0 aromatic heterocycles. The van der Waals surface area contributed by atoms with E-state index >= 15 is 0 Å². The Labute approximate surface area is 169 Å². The summed E-state index contributed by atoms with van der Waals surface area (Å²) in [7, 11) is 0. The van der Waals surface area contributed by atoms with Gasteiger partial charge in [0.1, 0.15) is 5.78 Å². The first kappa shape index (κ1) is 20.0. The van der Waals surface area contributed by atoms with Crippen LogP contribution in [0.3, 0.4) is 0 Å². The number of halogens is 1. The van der Waals surface area contributed by atoms with E-state index in [1.54, 1.807) is 0 Å². The van der Waals surface area contributed by atoms with Crippen LogP contribution in [-0.2, 0) is 14.3 Å². The van der Waals surface area contributed by atoms with Gasteiger partial charge in [0.25, 0.3) is 0 Å². The molecule has 27 heavy (non-hydrogen) atoms. The second-order valence-corrected chi connectivity index (χ2v) is 9.15. The van der Waals surface area contributed by atoms with Crippen LogP contribution in [-0.4, -0.2) is 24.1 Å². The summed E-state index contributed by atoms with van der Waals surface area (Å²) in [6.45, 7) is 8.37. The van der Waals surface area contributed by atoms with Gasteiger partial charge in [0, 0.05) is 28.2 Å². The van der Waals surface area contributed by atoms with Crippen molar-refractivity contribution in [1.29, 1.82) is 0 Å². The topological polar surface area (TPSA) is 55.7 Å². The first-order chi connectivity index (χ1) is 12.7. The van der Waals surface area contributed by atoms with Crippen LogP contribution in [0.2, 0.25) is 0 Å². The van der Waals surface area contributed by atoms with Crippen LogP contribution in [0.1, 0.15) is 58.4 Å². The minimum atomic E-state index is -0.389. The Balaban J connectivity index is 2.14. The number of allylic oxidation sites excluding steroid dienone is 1. The summed E-state index contributed by atoms with van der Waals surface area (Å²) >= 11 is 3.52. The van der Waals surface area contributed by atoms with E-state index in [1.807, 2.05) is 38.1 Å². The molecule has 2 aliphatic rings. The lowest BCUT2D eigenvalue weighted by molar-refractivity contribution is -0.139. The molecule has 1 aliphatic carbocycles. The predicted molar refractivity (Wildman–Crippen MR) is 110 cm³/mol. The first-order valence-corrected chi connectivity index (χ1v) is 10.3. The van der Waals surface area contributed by atoms with Gasteiger partial charge in [-0.25, -0.2) is 4.79 Å². The molecule has 0 spiro atoms. The summed E-state index contributed by atoms with van der Waals surface area (Å²) in [4.78, 5) is 30.7. The number of benzene rings is 1. The zero-order valence-corrected chi connectivity index (χ0v) is 17.9. The van der Waals surface area contributed by atoms with Crippen molar-refractivity contribution in [3.05, 3.63) is 45.6 Å². The highest BCUT2D eigenvalue weighted by Gasteiger charge is 2.47. The van der Waals surface area contributed by atoms with E-state index in [2.05, 4.69) is 29.8 Å². The van der Waals surface area contributed by atoms with E-state index in [0.29, 0.717) is 24.3 Å². The number of fused-ring (bicyclic) bond motifs is 1. The Morgan fingerprint density at radius 2 is 2.04 bits per heavy atom. The maximum absolute atomic E-state index is 13.1. The number of carbonyl (C=O) groups excluding carboxylic acids is 2. The van der Waals surface area contributed by atoms with Gasteiger partial charge in [0.15, 0.2) is 0 Å². The van der Waals surface area contributed by atoms with Crippen molar-refractivity contribution in [2.45, 2.75) is 52.9 Å². The molecular formula is C22H26BrNO3. The monoisotopic (exact) mass is 431 g/mol. The Hall–Kier alpha value is -1.75. The zero-order chi connectivity index (χ0) is 19.8. The van der Waals surface area contributed by atoms with Crippen LogP contribution >= 0.6 is 15.9 Å². The maximum Gasteiger partial charge on any atom is 0.336 e. The molecule has 2 atom stereocenters. The lowest BCUT2D eigenvalue weighted by Crippen LogP contribution is -2.44. The number of carbonyl (C=O) groups is 2. The molecule has 4 nitrogen and oxygen atoms in total. The average molecular weight is 432 g/mol. The molecule has 144 valence electrons. The highest BCUT2D eigenvalue weighted by atomic mass is 79.9. The van der Waals surface area contributed by atoms with Gasteiger partial charge in [0.2, 0.25) is 0 Å². The van der Waals surface area contributed by atoms with Gasteiger partial charge in [-0.05, 0) is 42.9 Å². The van der Waals surface area contributed by atoms with Crippen LogP contribution in [0.25, 0.3) is 0 Å². The number of hydrogen-bond donors (Lipinski definition) is 0. The summed E-state index contributed by atoms with van der Waals surface area (Å²) in [5.74, 6) is -0.939. The van der Waals surface area contributed by atoms with Crippen molar-refractivity contribution in [3.8, 4) is 0 Å². The molecule has 0 amide bonds. The van der Waals surface area contributed by atoms with Gasteiger partial charge >= 0.3 is 5.97 Å². The summed E-state index contributed by atoms with van der Waals surface area (Å²) in [5, 5.41) is 0. The number of esters is 1. The summed E-state index contributed by atoms with van der Waals surface area (Å²) < 4.78 is 6.37. The van der Waals surface area contributed by atoms with Crippen molar-refractivity contribution >= 4 is 33.4 Å². The number of aliphatic imine (C=N–C) groups is 1. The van der Waals surface area contributed by atoms with Gasteiger partial charge in [-0.2, -0.15) is 0 Å². The lowest BCUT2D eigenvalue weighted by Gasteiger charge is -2.41. The largest absolute Gasteiger partial charge is 0.462 e. The summed E-state index contributed by atoms with van der Waals surface area (Å²) in [6.07, 6.45) is 2.02. The smallest absolute Gasteiger partial charge is 0.336 e. The minimum absolute atomic E-state index is 0.102. The molecule has 1 aliphatic heterocycles. The normalized spacial score (nSPS) is 24.3. The average Bonchev–Trinajstić information content (AvgIpc) is 2.57. The minimum Gasteiger partial charge on any atom is -0.462 e. The molecule has 0 N–H and O–H groups in total. The van der Waals surface area contributed by atoms with E-state index in [0.717, 1.165) is 28.6 Å². The zero-order valence-electron chi connectivity index (χ0n) is 16.3. The highest BCUT2D eigenvalue weighted by Crippen LogP contribution is 2.47. The van der Waals surface area contributed by atoms with E-state index in [-0.39, 0.29) is 29.0 Å². The van der Waals surface area contributed by atoms with Crippen LogP contribution in [0.5, 0.6) is 0 Å². The molecule has 1 fully saturated rings. The van der Waals surface area contributed by atoms with Crippen LogP contribution in [0, 0.1) is 11.3 Å². The fourth-order valence-electron chi connectivity index (χ4n) is 4.19. The highest BCUT2D eigenvalue weighted by molar-refractivity contribution is 9.10. The molecule has 0 bridgehead atoms. The summed E-state index contributed by atoms with van der Waals surface area (Å²) in [5.41, 5.74) is 2.92. The van der Waals surface area contributed by atoms with E-state index in [9.17, 15) is 9.59 Å². The molecule has 1 heterocycles. The molecule has 2 unspecified atom stereocenters. The van der Waals surface area contributed by atoms with Crippen molar-refractivity contribution in [3.63, 3.8) is 0 Å². The second kappa shape index (κ2) is 7.70. The van der Waals surface area contributed by atoms with Crippen molar-refractivity contribution in [2.24, 2.45) is 16.3 Å². The van der Waals surface area contributed by atoms with E-state index in [4.69, 9.17) is 9.73 Å². The third-order valence-electron chi connectivity index (χ3n) is 5.23. The molecule has 0 saturated heterocycles. The van der Waals surface area contributed by atoms with E-state index < -0.39 is 0 Å². The Morgan fingerprint density at radius 3 is 2.70 bits per heavy atom. The number of rotatable bonds is 4. The van der Waals surface area contributed by atoms with Gasteiger partial charge in [0.05, 0.1) is 18.1 Å². The van der Waals surface area contributed by atoms with E-state index in [1.165, 1.54) is 0 Å². The Bertz CT molecular complexity index is 838. The number of ketones is 1. The number of ether oxygens (including phenoxy) is 1. The number of Topliss-reactive ketones (excluding diaryl/α,β-unsaturated/α-hetero) is 1. The molecule has 3 rings (SSSR count). The fourth-order valence-corrected chi connectivity index (χ4v) is 4.61.